The van der Waals surface area contributed by atoms with Crippen LogP contribution in [0, 0.1) is 17.8 Å². The summed E-state index contributed by atoms with van der Waals surface area (Å²) in [5.74, 6) is 2.76. The molecule has 0 amide bonds. The van der Waals surface area contributed by atoms with Crippen molar-refractivity contribution in [2.45, 2.75) is 39.5 Å². The lowest BCUT2D eigenvalue weighted by molar-refractivity contribution is 0.441. The molecule has 0 heterocycles. The average molecular weight is 202 g/mol. The van der Waals surface area contributed by atoms with Crippen LogP contribution in [-0.2, 0) is 0 Å². The predicted molar refractivity (Wildman–Crippen MR) is 66.6 cm³/mol. The summed E-state index contributed by atoms with van der Waals surface area (Å²) < 4.78 is 0. The van der Waals surface area contributed by atoms with Crippen molar-refractivity contribution in [3.63, 3.8) is 0 Å². The second-order valence-corrected chi connectivity index (χ2v) is 4.96. The van der Waals surface area contributed by atoms with E-state index in [0.29, 0.717) is 0 Å². The van der Waals surface area contributed by atoms with Gasteiger partial charge in [0.1, 0.15) is 0 Å². The summed E-state index contributed by atoms with van der Waals surface area (Å²) in [4.78, 5) is 0. The number of rotatable bonds is 4. The van der Waals surface area contributed by atoms with Gasteiger partial charge in [0.2, 0.25) is 0 Å². The summed E-state index contributed by atoms with van der Waals surface area (Å²) in [5, 5.41) is 0. The molecule has 2 aliphatic carbocycles. The summed E-state index contributed by atoms with van der Waals surface area (Å²) in [5.41, 5.74) is 1.62. The van der Waals surface area contributed by atoms with Gasteiger partial charge in [0, 0.05) is 0 Å². The van der Waals surface area contributed by atoms with E-state index in [9.17, 15) is 0 Å². The van der Waals surface area contributed by atoms with Gasteiger partial charge in [0.25, 0.3) is 0 Å². The van der Waals surface area contributed by atoms with Crippen LogP contribution in [0.25, 0.3) is 0 Å². The molecular weight excluding hydrogens is 180 g/mol. The minimum absolute atomic E-state index is 0.899. The van der Waals surface area contributed by atoms with Crippen molar-refractivity contribution in [2.24, 2.45) is 17.8 Å². The quantitative estimate of drug-likeness (QED) is 0.589. The van der Waals surface area contributed by atoms with E-state index in [2.05, 4.69) is 44.2 Å². The van der Waals surface area contributed by atoms with Gasteiger partial charge in [-0.3, -0.25) is 0 Å². The van der Waals surface area contributed by atoms with Gasteiger partial charge in [0.05, 0.1) is 0 Å². The minimum Gasteiger partial charge on any atom is -0.0913 e. The third kappa shape index (κ3) is 2.42. The first-order chi connectivity index (χ1) is 7.33. The molecule has 3 unspecified atom stereocenters. The van der Waals surface area contributed by atoms with Gasteiger partial charge < -0.3 is 0 Å². The Morgan fingerprint density at radius 1 is 1.27 bits per heavy atom. The molecule has 82 valence electrons. The van der Waals surface area contributed by atoms with Gasteiger partial charge >= 0.3 is 0 Å². The first-order valence-corrected chi connectivity index (χ1v) is 6.27. The molecule has 0 aromatic rings. The average Bonchev–Trinajstić information content (AvgIpc) is 2.85. The zero-order valence-electron chi connectivity index (χ0n) is 9.95. The fourth-order valence-electron chi connectivity index (χ4n) is 3.05. The van der Waals surface area contributed by atoms with Gasteiger partial charge in [-0.25, -0.2) is 0 Å². The lowest BCUT2D eigenvalue weighted by Gasteiger charge is -2.19. The molecule has 1 fully saturated rings. The highest BCUT2D eigenvalue weighted by atomic mass is 14.4. The molecule has 0 saturated heterocycles. The zero-order chi connectivity index (χ0) is 10.7. The van der Waals surface area contributed by atoms with Crippen LogP contribution in [0.5, 0.6) is 0 Å². The fourth-order valence-corrected chi connectivity index (χ4v) is 3.05. The van der Waals surface area contributed by atoms with Gasteiger partial charge in [-0.15, -0.1) is 0 Å². The Labute approximate surface area is 93.8 Å². The highest BCUT2D eigenvalue weighted by Crippen LogP contribution is 2.46. The maximum Gasteiger partial charge on any atom is -0.0139 e. The summed E-state index contributed by atoms with van der Waals surface area (Å²) in [6.45, 7) is 4.29. The van der Waals surface area contributed by atoms with Crippen LogP contribution in [-0.4, -0.2) is 0 Å². The Balaban J connectivity index is 1.88. The van der Waals surface area contributed by atoms with E-state index in [-0.39, 0.29) is 0 Å². The van der Waals surface area contributed by atoms with Crippen LogP contribution in [0.2, 0.25) is 0 Å². The number of hydrogen-bond donors (Lipinski definition) is 0. The molecule has 1 saturated carbocycles. The van der Waals surface area contributed by atoms with Crippen molar-refractivity contribution in [1.82, 2.24) is 0 Å². The molecule has 2 bridgehead atoms. The van der Waals surface area contributed by atoms with Gasteiger partial charge in [-0.2, -0.15) is 0 Å². The predicted octanol–water partition coefficient (Wildman–Crippen LogP) is 4.50. The maximum absolute atomic E-state index is 2.46. The summed E-state index contributed by atoms with van der Waals surface area (Å²) in [6, 6.07) is 0. The largest absolute Gasteiger partial charge is 0.0913 e. The third-order valence-corrected chi connectivity index (χ3v) is 3.96. The first-order valence-electron chi connectivity index (χ1n) is 6.27. The van der Waals surface area contributed by atoms with Gasteiger partial charge in [-0.1, -0.05) is 36.0 Å². The van der Waals surface area contributed by atoms with E-state index < -0.39 is 0 Å². The standard InChI is InChI=1S/C15H22/c1-3-5-6-12(4-2)9-15-11-13-7-8-14(15)10-13/h3-5,7-8,13-15H,6,9-11H2,1-2H3/b5-3+,12-4+. The molecule has 0 nitrogen and oxygen atoms in total. The maximum atomic E-state index is 2.46. The van der Waals surface area contributed by atoms with E-state index >= 15 is 0 Å². The topological polar surface area (TPSA) is 0 Å². The van der Waals surface area contributed by atoms with Crippen LogP contribution in [0.3, 0.4) is 0 Å². The van der Waals surface area contributed by atoms with Crippen molar-refractivity contribution >= 4 is 0 Å². The molecular formula is C15H22. The van der Waals surface area contributed by atoms with Crippen LogP contribution >= 0.6 is 0 Å². The highest BCUT2D eigenvalue weighted by Gasteiger charge is 2.35. The molecule has 0 aromatic carbocycles. The lowest BCUT2D eigenvalue weighted by Crippen LogP contribution is -2.07. The molecule has 0 radical (unpaired) electrons. The molecule has 0 aliphatic heterocycles. The van der Waals surface area contributed by atoms with Crippen LogP contribution in [0.15, 0.2) is 36.0 Å². The molecule has 3 atom stereocenters. The molecule has 2 rings (SSSR count). The van der Waals surface area contributed by atoms with E-state index in [1.54, 1.807) is 5.57 Å². The number of allylic oxidation sites excluding steroid dienone is 6. The molecule has 0 N–H and O–H groups in total. The number of fused-ring (bicyclic) bond motifs is 2. The molecule has 2 aliphatic rings. The first kappa shape index (κ1) is 10.7. The Hall–Kier alpha value is -0.780. The zero-order valence-corrected chi connectivity index (χ0v) is 9.95. The molecule has 0 heteroatoms. The van der Waals surface area contributed by atoms with Crippen molar-refractivity contribution < 1.29 is 0 Å². The van der Waals surface area contributed by atoms with Crippen molar-refractivity contribution in [3.8, 4) is 0 Å². The van der Waals surface area contributed by atoms with E-state index in [1.807, 2.05) is 0 Å². The van der Waals surface area contributed by atoms with E-state index in [0.717, 1.165) is 24.2 Å². The second-order valence-electron chi connectivity index (χ2n) is 4.96. The van der Waals surface area contributed by atoms with Crippen molar-refractivity contribution in [1.29, 1.82) is 0 Å². The van der Waals surface area contributed by atoms with E-state index in [1.165, 1.54) is 19.3 Å². The third-order valence-electron chi connectivity index (χ3n) is 3.96. The SMILES string of the molecule is C/C=C(\C/C=C/C)CC1CC2C=CC1C2. The highest BCUT2D eigenvalue weighted by molar-refractivity contribution is 5.15. The summed E-state index contributed by atoms with van der Waals surface area (Å²) in [7, 11) is 0. The number of hydrogen-bond acceptors (Lipinski definition) is 0. The second kappa shape index (κ2) is 4.83. The monoisotopic (exact) mass is 202 g/mol. The Bertz CT molecular complexity index is 293. The van der Waals surface area contributed by atoms with Gasteiger partial charge in [0.15, 0.2) is 0 Å². The Kier molecular flexibility index (Phi) is 3.45. The van der Waals surface area contributed by atoms with E-state index in [4.69, 9.17) is 0 Å². The van der Waals surface area contributed by atoms with Crippen LogP contribution in [0.1, 0.15) is 39.5 Å². The van der Waals surface area contributed by atoms with Crippen LogP contribution < -0.4 is 0 Å². The van der Waals surface area contributed by atoms with Crippen LogP contribution in [0.4, 0.5) is 0 Å². The molecule has 15 heavy (non-hydrogen) atoms. The van der Waals surface area contributed by atoms with Crippen molar-refractivity contribution in [2.75, 3.05) is 0 Å². The summed E-state index contributed by atoms with van der Waals surface area (Å²) >= 11 is 0. The normalized spacial score (nSPS) is 34.5. The van der Waals surface area contributed by atoms with Crippen molar-refractivity contribution in [3.05, 3.63) is 36.0 Å². The Morgan fingerprint density at radius 3 is 2.67 bits per heavy atom. The van der Waals surface area contributed by atoms with Gasteiger partial charge in [-0.05, 0) is 57.3 Å². The summed E-state index contributed by atoms with van der Waals surface area (Å²) in [6.07, 6.45) is 17.0. The lowest BCUT2D eigenvalue weighted by atomic mass is 9.86. The fraction of sp³-hybridized carbons (Fsp3) is 0.600. The smallest absolute Gasteiger partial charge is 0.0139 e. The Morgan fingerprint density at radius 2 is 2.13 bits per heavy atom. The minimum atomic E-state index is 0.899. The molecule has 0 spiro atoms. The molecule has 0 aromatic heterocycles.